The van der Waals surface area contributed by atoms with Crippen molar-refractivity contribution in [3.63, 3.8) is 0 Å². The molecule has 0 aliphatic carbocycles. The van der Waals surface area contributed by atoms with Gasteiger partial charge in [-0.3, -0.25) is 0 Å². The van der Waals surface area contributed by atoms with Gasteiger partial charge in [-0.15, -0.1) is 0 Å². The van der Waals surface area contributed by atoms with Crippen LogP contribution >= 0.6 is 45.8 Å². The highest BCUT2D eigenvalue weighted by atomic mass is 127. The van der Waals surface area contributed by atoms with Crippen LogP contribution in [0.15, 0.2) is 34.6 Å². The number of benzene rings is 1. The summed E-state index contributed by atoms with van der Waals surface area (Å²) in [7, 11) is 0. The van der Waals surface area contributed by atoms with Crippen LogP contribution in [0.2, 0.25) is 10.0 Å². The fraction of sp³-hybridized carbons (Fsp3) is 0.188. The zero-order valence-corrected chi connectivity index (χ0v) is 15.7. The second-order valence-electron chi connectivity index (χ2n) is 4.90. The van der Waals surface area contributed by atoms with Gasteiger partial charge < -0.3 is 4.74 Å². The highest BCUT2D eigenvalue weighted by Gasteiger charge is 2.44. The predicted molar refractivity (Wildman–Crippen MR) is 94.2 cm³/mol. The Morgan fingerprint density at radius 3 is 2.30 bits per heavy atom. The van der Waals surface area contributed by atoms with E-state index in [1.807, 2.05) is 6.07 Å². The fourth-order valence-electron chi connectivity index (χ4n) is 2.33. The molecule has 1 atom stereocenters. The molecule has 1 heterocycles. The molecule has 0 amide bonds. The molecule has 1 aromatic rings. The van der Waals surface area contributed by atoms with Crippen LogP contribution in [-0.4, -0.2) is 0 Å². The first-order valence-corrected chi connectivity index (χ1v) is 8.14. The van der Waals surface area contributed by atoms with Gasteiger partial charge in [-0.2, -0.15) is 15.8 Å². The van der Waals surface area contributed by atoms with Crippen molar-refractivity contribution >= 4 is 45.8 Å². The average Bonchev–Trinajstić information content (AvgIpc) is 2.78. The molecule has 1 aliphatic rings. The van der Waals surface area contributed by atoms with Crippen molar-refractivity contribution in [1.82, 2.24) is 0 Å². The Morgan fingerprint density at radius 2 is 1.78 bits per heavy atom. The zero-order valence-electron chi connectivity index (χ0n) is 12.0. The lowest BCUT2D eigenvalue weighted by molar-refractivity contribution is 0.0729. The highest BCUT2D eigenvalue weighted by molar-refractivity contribution is 14.1. The molecule has 0 aromatic heterocycles. The van der Waals surface area contributed by atoms with E-state index in [0.717, 1.165) is 3.57 Å². The van der Waals surface area contributed by atoms with E-state index in [-0.39, 0.29) is 16.9 Å². The summed E-state index contributed by atoms with van der Waals surface area (Å²) in [6.07, 6.45) is 0. The molecule has 1 unspecified atom stereocenters. The minimum Gasteiger partial charge on any atom is -0.475 e. The second kappa shape index (κ2) is 6.42. The maximum Gasteiger partial charge on any atom is 0.172 e. The topological polar surface area (TPSA) is 80.6 Å². The standard InChI is InChI=1S/C16H8Cl2IN3O/c1-8-10(7-22)15(9(5-20)6-21)23-16(8,2)11-3-4-12(19)14(18)13(11)17/h3-4H,1-2H3. The summed E-state index contributed by atoms with van der Waals surface area (Å²) >= 11 is 14.6. The lowest BCUT2D eigenvalue weighted by Gasteiger charge is -2.28. The Morgan fingerprint density at radius 1 is 1.17 bits per heavy atom. The smallest absolute Gasteiger partial charge is 0.172 e. The molecule has 0 saturated heterocycles. The number of rotatable bonds is 1. The van der Waals surface area contributed by atoms with E-state index in [2.05, 4.69) is 22.6 Å². The fourth-order valence-corrected chi connectivity index (χ4v) is 3.45. The van der Waals surface area contributed by atoms with Crippen LogP contribution in [0, 0.1) is 37.6 Å². The molecule has 0 bridgehead atoms. The van der Waals surface area contributed by atoms with E-state index in [0.29, 0.717) is 21.2 Å². The highest BCUT2D eigenvalue weighted by Crippen LogP contribution is 2.49. The van der Waals surface area contributed by atoms with Crippen LogP contribution in [0.5, 0.6) is 0 Å². The maximum atomic E-state index is 9.39. The van der Waals surface area contributed by atoms with Crippen LogP contribution in [0.3, 0.4) is 0 Å². The van der Waals surface area contributed by atoms with Crippen LogP contribution in [0.25, 0.3) is 0 Å². The Kier molecular flexibility index (Phi) is 4.92. The molecule has 0 saturated carbocycles. The molecule has 0 fully saturated rings. The number of allylic oxidation sites excluding steroid dienone is 2. The first-order chi connectivity index (χ1) is 10.8. The third-order valence-electron chi connectivity index (χ3n) is 3.74. The van der Waals surface area contributed by atoms with Gasteiger partial charge in [0.25, 0.3) is 0 Å². The van der Waals surface area contributed by atoms with Crippen molar-refractivity contribution < 1.29 is 4.74 Å². The minimum absolute atomic E-state index is 0.0248. The van der Waals surface area contributed by atoms with Crippen LogP contribution < -0.4 is 0 Å². The molecule has 0 N–H and O–H groups in total. The molecule has 4 nitrogen and oxygen atoms in total. The quantitative estimate of drug-likeness (QED) is 0.339. The number of hydrogen-bond donors (Lipinski definition) is 0. The molecule has 23 heavy (non-hydrogen) atoms. The largest absolute Gasteiger partial charge is 0.475 e. The summed E-state index contributed by atoms with van der Waals surface area (Å²) in [6, 6.07) is 9.05. The Balaban J connectivity index is 2.77. The lowest BCUT2D eigenvalue weighted by Crippen LogP contribution is -2.23. The van der Waals surface area contributed by atoms with Gasteiger partial charge in [0.05, 0.1) is 15.6 Å². The van der Waals surface area contributed by atoms with Crippen LogP contribution in [-0.2, 0) is 10.3 Å². The molecule has 1 aromatic carbocycles. The second-order valence-corrected chi connectivity index (χ2v) is 6.82. The van der Waals surface area contributed by atoms with Crippen LogP contribution in [0.4, 0.5) is 0 Å². The van der Waals surface area contributed by atoms with Gasteiger partial charge in [-0.05, 0) is 48.1 Å². The van der Waals surface area contributed by atoms with Crippen molar-refractivity contribution in [2.24, 2.45) is 0 Å². The zero-order chi connectivity index (χ0) is 17.4. The molecular formula is C16H8Cl2IN3O. The summed E-state index contributed by atoms with van der Waals surface area (Å²) < 4.78 is 6.65. The molecule has 7 heteroatoms. The SMILES string of the molecule is CC1=C(C#N)C(=C(C#N)C#N)OC1(C)c1ccc(I)c(Cl)c1Cl. The van der Waals surface area contributed by atoms with E-state index in [9.17, 15) is 5.26 Å². The summed E-state index contributed by atoms with van der Waals surface area (Å²) in [4.78, 5) is 0. The summed E-state index contributed by atoms with van der Waals surface area (Å²) in [5.41, 5.74) is -0.0318. The summed E-state index contributed by atoms with van der Waals surface area (Å²) in [5.74, 6) is -0.0248. The first kappa shape index (κ1) is 17.6. The van der Waals surface area contributed by atoms with Gasteiger partial charge in [-0.1, -0.05) is 29.3 Å². The van der Waals surface area contributed by atoms with E-state index in [1.165, 1.54) is 0 Å². The third kappa shape index (κ3) is 2.68. The molecule has 1 aliphatic heterocycles. The van der Waals surface area contributed by atoms with Crippen LogP contribution in [0.1, 0.15) is 19.4 Å². The summed E-state index contributed by atoms with van der Waals surface area (Å²) in [5, 5.41) is 28.2. The van der Waals surface area contributed by atoms with Gasteiger partial charge in [0.2, 0.25) is 0 Å². The molecule has 114 valence electrons. The van der Waals surface area contributed by atoms with Crippen molar-refractivity contribution in [2.75, 3.05) is 0 Å². The van der Waals surface area contributed by atoms with Crippen molar-refractivity contribution in [3.8, 4) is 18.2 Å². The number of nitrogens with zero attached hydrogens (tertiary/aromatic N) is 3. The van der Waals surface area contributed by atoms with Gasteiger partial charge in [0.1, 0.15) is 18.2 Å². The molecule has 0 spiro atoms. The van der Waals surface area contributed by atoms with Crippen molar-refractivity contribution in [3.05, 3.63) is 53.8 Å². The van der Waals surface area contributed by atoms with Gasteiger partial charge in [0.15, 0.2) is 16.9 Å². The predicted octanol–water partition coefficient (Wildman–Crippen LogP) is 4.98. The molecular weight excluding hydrogens is 448 g/mol. The van der Waals surface area contributed by atoms with Gasteiger partial charge in [-0.25, -0.2) is 0 Å². The normalized spacial score (nSPS) is 19.7. The maximum absolute atomic E-state index is 9.39. The average molecular weight is 456 g/mol. The minimum atomic E-state index is -1.08. The summed E-state index contributed by atoms with van der Waals surface area (Å²) in [6.45, 7) is 3.43. The Hall–Kier alpha value is -1.72. The lowest BCUT2D eigenvalue weighted by atomic mass is 9.87. The number of halogens is 3. The van der Waals surface area contributed by atoms with E-state index < -0.39 is 5.60 Å². The van der Waals surface area contributed by atoms with Gasteiger partial charge >= 0.3 is 0 Å². The van der Waals surface area contributed by atoms with Crippen molar-refractivity contribution in [2.45, 2.75) is 19.4 Å². The van der Waals surface area contributed by atoms with Gasteiger partial charge in [0, 0.05) is 9.13 Å². The van der Waals surface area contributed by atoms with E-state index in [4.69, 9.17) is 38.5 Å². The molecule has 2 rings (SSSR count). The third-order valence-corrected chi connectivity index (χ3v) is 5.84. The number of hydrogen-bond acceptors (Lipinski definition) is 4. The van der Waals surface area contributed by atoms with E-state index >= 15 is 0 Å². The van der Waals surface area contributed by atoms with E-state index in [1.54, 1.807) is 38.1 Å². The Labute approximate surface area is 157 Å². The van der Waals surface area contributed by atoms with Crippen molar-refractivity contribution in [1.29, 1.82) is 15.8 Å². The first-order valence-electron chi connectivity index (χ1n) is 6.31. The molecule has 0 radical (unpaired) electrons. The number of nitriles is 3. The Bertz CT molecular complexity index is 884. The number of ether oxygens (including phenoxy) is 1. The monoisotopic (exact) mass is 455 g/mol.